The molecule has 0 heterocycles. The van der Waals surface area contributed by atoms with Crippen molar-refractivity contribution in [3.05, 3.63) is 0 Å². The smallest absolute Gasteiger partial charge is 0.328 e. The predicted molar refractivity (Wildman–Crippen MR) is 90.7 cm³/mol. The van der Waals surface area contributed by atoms with Crippen LogP contribution in [0.1, 0.15) is 58.8 Å². The highest BCUT2D eigenvalue weighted by molar-refractivity contribution is 7.52. The van der Waals surface area contributed by atoms with Crippen molar-refractivity contribution >= 4 is 25.5 Å². The zero-order chi connectivity index (χ0) is 19.9. The summed E-state index contributed by atoms with van der Waals surface area (Å²) in [5, 5.41) is 25.0. The topological polar surface area (TPSA) is 158 Å². The van der Waals surface area contributed by atoms with Crippen molar-refractivity contribution in [3.63, 3.8) is 0 Å². The average molecular weight is 384 g/mol. The van der Waals surface area contributed by atoms with E-state index < -0.39 is 37.8 Å². The zero-order valence-electron chi connectivity index (χ0n) is 14.7. The summed E-state index contributed by atoms with van der Waals surface area (Å²) in [5.41, 5.74) is 0. The van der Waals surface area contributed by atoms with Crippen molar-refractivity contribution in [1.82, 2.24) is 0 Å². The normalized spacial score (nSPS) is 13.9. The molecule has 4 N–H and O–H groups in total. The Balaban J connectivity index is 0. The second-order valence-electron chi connectivity index (χ2n) is 5.40. The first-order valence-electron chi connectivity index (χ1n) is 8.18. The van der Waals surface area contributed by atoms with Crippen LogP contribution in [0.5, 0.6) is 0 Å². The van der Waals surface area contributed by atoms with Gasteiger partial charge in [0.25, 0.3) is 0 Å². The lowest BCUT2D eigenvalue weighted by atomic mass is 10.00. The Hall–Kier alpha value is -1.44. The fraction of sp³-hybridized carbons (Fsp3) is 0.800. The highest BCUT2D eigenvalue weighted by Gasteiger charge is 2.21. The van der Waals surface area contributed by atoms with Crippen molar-refractivity contribution in [1.29, 1.82) is 0 Å². The molecule has 0 saturated carbocycles. The summed E-state index contributed by atoms with van der Waals surface area (Å²) in [6.07, 6.45) is 3.37. The minimum Gasteiger partial charge on any atom is -0.481 e. The Morgan fingerprint density at radius 3 is 2.00 bits per heavy atom. The van der Waals surface area contributed by atoms with Gasteiger partial charge in [-0.05, 0) is 19.8 Å². The SMILES string of the molecule is CCCCCCP(=O)(O)OCC.O=C(O)CCC(CC(=O)O)C(=O)O. The Morgan fingerprint density at radius 2 is 1.60 bits per heavy atom. The van der Waals surface area contributed by atoms with Crippen molar-refractivity contribution in [3.8, 4) is 0 Å². The van der Waals surface area contributed by atoms with E-state index in [1.165, 1.54) is 0 Å². The molecule has 148 valence electrons. The molecular weight excluding hydrogens is 355 g/mol. The second-order valence-corrected chi connectivity index (χ2v) is 7.39. The standard InChI is InChI=1S/C8H19O3P.C7H10O6/c1-3-5-6-7-8-12(9,10)11-4-2;8-5(9)2-1-4(7(12)13)3-6(10)11/h3-8H2,1-2H3,(H,9,10);4H,1-3H2,(H,8,9)(H,10,11)(H,12,13). The van der Waals surface area contributed by atoms with Gasteiger partial charge in [-0.3, -0.25) is 18.9 Å². The lowest BCUT2D eigenvalue weighted by Crippen LogP contribution is -2.18. The maximum absolute atomic E-state index is 11.1. The van der Waals surface area contributed by atoms with E-state index in [1.54, 1.807) is 6.92 Å². The van der Waals surface area contributed by atoms with E-state index in [9.17, 15) is 18.9 Å². The number of hydrogen-bond donors (Lipinski definition) is 4. The van der Waals surface area contributed by atoms with E-state index in [1.807, 2.05) is 0 Å². The zero-order valence-corrected chi connectivity index (χ0v) is 15.6. The molecule has 0 bridgehead atoms. The third-order valence-electron chi connectivity index (χ3n) is 3.10. The lowest BCUT2D eigenvalue weighted by molar-refractivity contribution is -0.149. The monoisotopic (exact) mass is 384 g/mol. The summed E-state index contributed by atoms with van der Waals surface area (Å²) in [7, 11) is -3.23. The van der Waals surface area contributed by atoms with E-state index in [4.69, 9.17) is 24.7 Å². The highest BCUT2D eigenvalue weighted by Crippen LogP contribution is 2.42. The number of rotatable bonds is 13. The van der Waals surface area contributed by atoms with Crippen LogP contribution in [0.25, 0.3) is 0 Å². The van der Waals surface area contributed by atoms with Crippen LogP contribution in [0.4, 0.5) is 0 Å². The van der Waals surface area contributed by atoms with Gasteiger partial charge in [-0.1, -0.05) is 26.2 Å². The molecule has 0 spiro atoms. The van der Waals surface area contributed by atoms with Crippen molar-refractivity contribution in [2.24, 2.45) is 5.92 Å². The largest absolute Gasteiger partial charge is 0.481 e. The lowest BCUT2D eigenvalue weighted by Gasteiger charge is -2.09. The Bertz CT molecular complexity index is 450. The molecule has 0 saturated heterocycles. The van der Waals surface area contributed by atoms with Gasteiger partial charge in [-0.15, -0.1) is 0 Å². The summed E-state index contributed by atoms with van der Waals surface area (Å²) in [5.74, 6) is -4.76. The number of aliphatic carboxylic acids is 3. The van der Waals surface area contributed by atoms with Crippen LogP contribution in [0.3, 0.4) is 0 Å². The number of hydrogen-bond acceptors (Lipinski definition) is 5. The molecular formula is C15H29O9P. The highest BCUT2D eigenvalue weighted by atomic mass is 31.2. The molecule has 0 aliphatic heterocycles. The molecule has 2 unspecified atom stereocenters. The van der Waals surface area contributed by atoms with Crippen LogP contribution >= 0.6 is 7.60 Å². The molecule has 2 atom stereocenters. The van der Waals surface area contributed by atoms with Gasteiger partial charge in [-0.2, -0.15) is 0 Å². The van der Waals surface area contributed by atoms with E-state index in [0.29, 0.717) is 12.8 Å². The van der Waals surface area contributed by atoms with Crippen LogP contribution in [-0.2, 0) is 23.5 Å². The Kier molecular flexibility index (Phi) is 15.3. The minimum atomic E-state index is -3.23. The molecule has 0 aliphatic rings. The van der Waals surface area contributed by atoms with E-state index in [2.05, 4.69) is 6.92 Å². The molecule has 0 fully saturated rings. The Morgan fingerprint density at radius 1 is 1.00 bits per heavy atom. The van der Waals surface area contributed by atoms with Crippen LogP contribution in [0.15, 0.2) is 0 Å². The summed E-state index contributed by atoms with van der Waals surface area (Å²) >= 11 is 0. The van der Waals surface area contributed by atoms with Gasteiger partial charge in [-0.25, -0.2) is 0 Å². The van der Waals surface area contributed by atoms with Gasteiger partial charge in [0.05, 0.1) is 18.9 Å². The maximum atomic E-state index is 11.1. The molecule has 0 aromatic heterocycles. The molecule has 10 heteroatoms. The van der Waals surface area contributed by atoms with Crippen LogP contribution < -0.4 is 0 Å². The molecule has 25 heavy (non-hydrogen) atoms. The van der Waals surface area contributed by atoms with Crippen LogP contribution in [-0.4, -0.2) is 50.9 Å². The second kappa shape index (κ2) is 14.9. The third kappa shape index (κ3) is 18.7. The molecule has 0 aromatic carbocycles. The molecule has 0 aliphatic carbocycles. The van der Waals surface area contributed by atoms with Gasteiger partial charge >= 0.3 is 25.5 Å². The Labute approximate surface area is 147 Å². The van der Waals surface area contributed by atoms with E-state index in [0.717, 1.165) is 25.7 Å². The first kappa shape index (κ1) is 25.8. The summed E-state index contributed by atoms with van der Waals surface area (Å²) in [6, 6.07) is 0. The first-order chi connectivity index (χ1) is 11.6. The molecule has 9 nitrogen and oxygen atoms in total. The van der Waals surface area contributed by atoms with Crippen molar-refractivity contribution < 1.29 is 43.7 Å². The van der Waals surface area contributed by atoms with Crippen LogP contribution in [0, 0.1) is 5.92 Å². The predicted octanol–water partition coefficient (Wildman–Crippen LogP) is 2.82. The van der Waals surface area contributed by atoms with Crippen molar-refractivity contribution in [2.75, 3.05) is 12.8 Å². The van der Waals surface area contributed by atoms with Gasteiger partial charge < -0.3 is 24.7 Å². The average Bonchev–Trinajstić information content (AvgIpc) is 2.48. The van der Waals surface area contributed by atoms with Gasteiger partial charge in [0.2, 0.25) is 0 Å². The number of unbranched alkanes of at least 4 members (excludes halogenated alkanes) is 3. The van der Waals surface area contributed by atoms with E-state index in [-0.39, 0.29) is 12.8 Å². The quantitative estimate of drug-likeness (QED) is 0.276. The van der Waals surface area contributed by atoms with Gasteiger partial charge in [0.1, 0.15) is 0 Å². The molecule has 0 amide bonds. The third-order valence-corrected chi connectivity index (χ3v) is 4.65. The molecule has 0 rings (SSSR count). The van der Waals surface area contributed by atoms with Gasteiger partial charge in [0, 0.05) is 12.6 Å². The fourth-order valence-corrected chi connectivity index (χ4v) is 2.98. The molecule has 0 radical (unpaired) electrons. The van der Waals surface area contributed by atoms with Crippen LogP contribution in [0.2, 0.25) is 0 Å². The molecule has 0 aromatic rings. The number of carboxylic acids is 3. The minimum absolute atomic E-state index is 0.156. The maximum Gasteiger partial charge on any atom is 0.328 e. The summed E-state index contributed by atoms with van der Waals surface area (Å²) in [6.45, 7) is 4.16. The number of carbonyl (C=O) groups is 3. The van der Waals surface area contributed by atoms with Crippen molar-refractivity contribution in [2.45, 2.75) is 58.8 Å². The number of carboxylic acid groups (broad SMARTS) is 3. The van der Waals surface area contributed by atoms with E-state index >= 15 is 0 Å². The summed E-state index contributed by atoms with van der Waals surface area (Å²) in [4.78, 5) is 39.8. The fourth-order valence-electron chi connectivity index (χ4n) is 1.83. The van der Waals surface area contributed by atoms with Gasteiger partial charge in [0.15, 0.2) is 0 Å². The first-order valence-corrected chi connectivity index (χ1v) is 9.94. The summed E-state index contributed by atoms with van der Waals surface area (Å²) < 4.78 is 15.8.